The molecule has 16 heavy (non-hydrogen) atoms. The maximum atomic E-state index is 4.29. The highest BCUT2D eigenvalue weighted by molar-refractivity contribution is 9.10. The minimum absolute atomic E-state index is 0.712. The van der Waals surface area contributed by atoms with Crippen molar-refractivity contribution in [2.75, 3.05) is 0 Å². The monoisotopic (exact) mass is 295 g/mol. The average molecular weight is 296 g/mol. The van der Waals surface area contributed by atoms with Crippen molar-refractivity contribution in [3.63, 3.8) is 0 Å². The highest BCUT2D eigenvalue weighted by atomic mass is 79.9. The first-order chi connectivity index (χ1) is 7.66. The van der Waals surface area contributed by atoms with Crippen molar-refractivity contribution in [3.8, 4) is 0 Å². The Morgan fingerprint density at radius 1 is 1.12 bits per heavy atom. The Hall–Kier alpha value is -0.940. The fraction of sp³-hybridized carbons (Fsp3) is 0.182. The zero-order chi connectivity index (χ0) is 11.5. The van der Waals surface area contributed by atoms with Crippen LogP contribution < -0.4 is 0 Å². The topological polar surface area (TPSA) is 38.7 Å². The van der Waals surface area contributed by atoms with Gasteiger partial charge in [0.15, 0.2) is 5.16 Å². The van der Waals surface area contributed by atoms with E-state index >= 15 is 0 Å². The number of nitrogens with zero attached hydrogens (tertiary/aromatic N) is 3. The molecule has 0 amide bonds. The Bertz CT molecular complexity index is 499. The maximum absolute atomic E-state index is 4.29. The summed E-state index contributed by atoms with van der Waals surface area (Å²) >= 11 is 4.97. The van der Waals surface area contributed by atoms with Crippen LogP contribution in [-0.2, 0) is 0 Å². The predicted molar refractivity (Wildman–Crippen MR) is 67.6 cm³/mol. The minimum Gasteiger partial charge on any atom is -0.248 e. The fourth-order valence-electron chi connectivity index (χ4n) is 1.11. The SMILES string of the molecule is Cc1cnc(Sc2nccc(C)c2Br)nc1. The summed E-state index contributed by atoms with van der Waals surface area (Å²) < 4.78 is 1.00. The predicted octanol–water partition coefficient (Wildman–Crippen LogP) is 3.40. The van der Waals surface area contributed by atoms with Crippen LogP contribution in [0.2, 0.25) is 0 Å². The third-order valence-electron chi connectivity index (χ3n) is 2.00. The molecule has 3 nitrogen and oxygen atoms in total. The first-order valence-electron chi connectivity index (χ1n) is 4.74. The van der Waals surface area contributed by atoms with Gasteiger partial charge in [-0.2, -0.15) is 0 Å². The summed E-state index contributed by atoms with van der Waals surface area (Å²) in [7, 11) is 0. The van der Waals surface area contributed by atoms with E-state index in [1.807, 2.05) is 19.9 Å². The van der Waals surface area contributed by atoms with E-state index in [-0.39, 0.29) is 0 Å². The highest BCUT2D eigenvalue weighted by Crippen LogP contribution is 2.31. The van der Waals surface area contributed by atoms with Crippen LogP contribution >= 0.6 is 27.7 Å². The molecule has 82 valence electrons. The van der Waals surface area contributed by atoms with E-state index in [1.54, 1.807) is 18.6 Å². The van der Waals surface area contributed by atoms with Crippen LogP contribution in [0.3, 0.4) is 0 Å². The van der Waals surface area contributed by atoms with Crippen LogP contribution in [0.4, 0.5) is 0 Å². The van der Waals surface area contributed by atoms with E-state index in [0.717, 1.165) is 20.6 Å². The standard InChI is InChI=1S/C11H10BrN3S/c1-7-5-14-11(15-6-7)16-10-9(12)8(2)3-4-13-10/h3-6H,1-2H3. The molecule has 2 aromatic heterocycles. The smallest absolute Gasteiger partial charge is 0.193 e. The molecule has 0 aliphatic carbocycles. The minimum atomic E-state index is 0.712. The van der Waals surface area contributed by atoms with E-state index in [9.17, 15) is 0 Å². The summed E-state index contributed by atoms with van der Waals surface area (Å²) in [5, 5.41) is 1.60. The molecule has 0 saturated heterocycles. The molecule has 0 fully saturated rings. The van der Waals surface area contributed by atoms with E-state index in [4.69, 9.17) is 0 Å². The van der Waals surface area contributed by atoms with Crippen molar-refractivity contribution in [2.45, 2.75) is 24.0 Å². The first-order valence-corrected chi connectivity index (χ1v) is 6.35. The third-order valence-corrected chi connectivity index (χ3v) is 4.16. The van der Waals surface area contributed by atoms with Crippen molar-refractivity contribution in [2.24, 2.45) is 0 Å². The zero-order valence-corrected chi connectivity index (χ0v) is 11.3. The normalized spacial score (nSPS) is 10.4. The zero-order valence-electron chi connectivity index (χ0n) is 8.94. The second kappa shape index (κ2) is 4.93. The first kappa shape index (κ1) is 11.5. The largest absolute Gasteiger partial charge is 0.248 e. The van der Waals surface area contributed by atoms with Crippen LogP contribution in [0.15, 0.2) is 39.3 Å². The number of hydrogen-bond donors (Lipinski definition) is 0. The van der Waals surface area contributed by atoms with Gasteiger partial charge in [-0.3, -0.25) is 0 Å². The molecule has 0 aliphatic rings. The summed E-state index contributed by atoms with van der Waals surface area (Å²) in [5.41, 5.74) is 2.21. The molecule has 0 saturated carbocycles. The lowest BCUT2D eigenvalue weighted by Crippen LogP contribution is -1.89. The maximum Gasteiger partial charge on any atom is 0.193 e. The molecule has 0 atom stereocenters. The Balaban J connectivity index is 2.27. The lowest BCUT2D eigenvalue weighted by Gasteiger charge is -2.04. The quantitative estimate of drug-likeness (QED) is 0.796. The molecule has 0 aliphatic heterocycles. The van der Waals surface area contributed by atoms with Crippen LogP contribution in [0.5, 0.6) is 0 Å². The summed E-state index contributed by atoms with van der Waals surface area (Å²) in [6.45, 7) is 4.00. The van der Waals surface area contributed by atoms with E-state index in [0.29, 0.717) is 5.16 Å². The molecule has 0 radical (unpaired) electrons. The van der Waals surface area contributed by atoms with E-state index in [2.05, 4.69) is 30.9 Å². The van der Waals surface area contributed by atoms with Gasteiger partial charge in [0.25, 0.3) is 0 Å². The average Bonchev–Trinajstić information content (AvgIpc) is 2.28. The summed E-state index contributed by atoms with van der Waals surface area (Å²) in [5.74, 6) is 0. The summed E-state index contributed by atoms with van der Waals surface area (Å²) in [6.07, 6.45) is 5.40. The third kappa shape index (κ3) is 2.59. The fourth-order valence-corrected chi connectivity index (χ4v) is 2.33. The van der Waals surface area contributed by atoms with Crippen LogP contribution in [0, 0.1) is 13.8 Å². The van der Waals surface area contributed by atoms with Gasteiger partial charge in [-0.25, -0.2) is 15.0 Å². The highest BCUT2D eigenvalue weighted by Gasteiger charge is 2.07. The van der Waals surface area contributed by atoms with Crippen LogP contribution in [0.1, 0.15) is 11.1 Å². The molecule has 0 bridgehead atoms. The summed E-state index contributed by atoms with van der Waals surface area (Å²) in [6, 6.07) is 1.96. The lowest BCUT2D eigenvalue weighted by molar-refractivity contribution is 0.942. The molecule has 2 heterocycles. The Kier molecular flexibility index (Phi) is 3.56. The molecule has 2 aromatic rings. The van der Waals surface area contributed by atoms with Gasteiger partial charge in [-0.15, -0.1) is 0 Å². The number of rotatable bonds is 2. The second-order valence-corrected chi connectivity index (χ2v) is 5.14. The van der Waals surface area contributed by atoms with Gasteiger partial charge in [-0.05, 0) is 58.7 Å². The van der Waals surface area contributed by atoms with Gasteiger partial charge in [0.05, 0.1) is 4.47 Å². The Labute approximate surface area is 107 Å². The number of pyridine rings is 1. The molecular formula is C11H10BrN3S. The van der Waals surface area contributed by atoms with Crippen molar-refractivity contribution in [1.29, 1.82) is 0 Å². The second-order valence-electron chi connectivity index (χ2n) is 3.39. The number of hydrogen-bond acceptors (Lipinski definition) is 4. The lowest BCUT2D eigenvalue weighted by atomic mass is 10.3. The van der Waals surface area contributed by atoms with Crippen molar-refractivity contribution < 1.29 is 0 Å². The van der Waals surface area contributed by atoms with E-state index < -0.39 is 0 Å². The Morgan fingerprint density at radius 3 is 2.50 bits per heavy atom. The van der Waals surface area contributed by atoms with Gasteiger partial charge < -0.3 is 0 Å². The number of halogens is 1. The van der Waals surface area contributed by atoms with E-state index in [1.165, 1.54) is 11.8 Å². The van der Waals surface area contributed by atoms with Crippen molar-refractivity contribution in [3.05, 3.63) is 40.3 Å². The van der Waals surface area contributed by atoms with Gasteiger partial charge in [-0.1, -0.05) is 0 Å². The van der Waals surface area contributed by atoms with Crippen molar-refractivity contribution in [1.82, 2.24) is 15.0 Å². The molecular weight excluding hydrogens is 286 g/mol. The molecule has 0 spiro atoms. The molecule has 0 unspecified atom stereocenters. The summed E-state index contributed by atoms with van der Waals surface area (Å²) in [4.78, 5) is 12.8. The molecule has 2 rings (SSSR count). The van der Waals surface area contributed by atoms with Gasteiger partial charge in [0.1, 0.15) is 5.03 Å². The number of aryl methyl sites for hydroxylation is 2. The van der Waals surface area contributed by atoms with Crippen LogP contribution in [-0.4, -0.2) is 15.0 Å². The van der Waals surface area contributed by atoms with Gasteiger partial charge in [0.2, 0.25) is 0 Å². The molecule has 0 aromatic carbocycles. The molecule has 5 heteroatoms. The number of aromatic nitrogens is 3. The Morgan fingerprint density at radius 2 is 1.81 bits per heavy atom. The van der Waals surface area contributed by atoms with Crippen molar-refractivity contribution >= 4 is 27.7 Å². The van der Waals surface area contributed by atoms with Gasteiger partial charge in [0, 0.05) is 18.6 Å². The molecule has 0 N–H and O–H groups in total. The van der Waals surface area contributed by atoms with Gasteiger partial charge >= 0.3 is 0 Å². The van der Waals surface area contributed by atoms with Crippen LogP contribution in [0.25, 0.3) is 0 Å².